The number of hydrogen-bond acceptors (Lipinski definition) is 6. The first-order valence-electron chi connectivity index (χ1n) is 7.49. The molecule has 130 valence electrons. The lowest BCUT2D eigenvalue weighted by Gasteiger charge is -2.18. The number of hydrogen-bond donors (Lipinski definition) is 3. The first kappa shape index (κ1) is 17.4. The molecule has 0 atom stereocenters. The molecular formula is C15H19N3O6. The Morgan fingerprint density at radius 2 is 1.88 bits per heavy atom. The van der Waals surface area contributed by atoms with Crippen molar-refractivity contribution in [2.45, 2.75) is 13.3 Å². The molecule has 24 heavy (non-hydrogen) atoms. The summed E-state index contributed by atoms with van der Waals surface area (Å²) < 4.78 is 15.4. The number of carbonyl (C=O) groups excluding carboxylic acids is 3. The van der Waals surface area contributed by atoms with Crippen LogP contribution < -0.4 is 25.6 Å². The van der Waals surface area contributed by atoms with Crippen molar-refractivity contribution in [1.29, 1.82) is 0 Å². The summed E-state index contributed by atoms with van der Waals surface area (Å²) >= 11 is 0. The summed E-state index contributed by atoms with van der Waals surface area (Å²) in [6.07, 6.45) is -0.592. The van der Waals surface area contributed by atoms with Crippen molar-refractivity contribution in [3.05, 3.63) is 23.8 Å². The van der Waals surface area contributed by atoms with E-state index in [-0.39, 0.29) is 19.6 Å². The summed E-state index contributed by atoms with van der Waals surface area (Å²) in [6.45, 7) is 2.92. The molecule has 0 saturated heterocycles. The smallest absolute Gasteiger partial charge is 0.407 e. The highest BCUT2D eigenvalue weighted by atomic mass is 16.6. The third-order valence-electron chi connectivity index (χ3n) is 3.02. The molecule has 0 spiro atoms. The van der Waals surface area contributed by atoms with Gasteiger partial charge in [-0.05, 0) is 25.1 Å². The average Bonchev–Trinajstić information content (AvgIpc) is 2.59. The molecule has 0 aliphatic carbocycles. The minimum Gasteiger partial charge on any atom is -0.486 e. The van der Waals surface area contributed by atoms with Crippen molar-refractivity contribution in [2.75, 3.05) is 26.4 Å². The predicted molar refractivity (Wildman–Crippen MR) is 82.7 cm³/mol. The molecule has 1 aliphatic rings. The van der Waals surface area contributed by atoms with Gasteiger partial charge in [-0.1, -0.05) is 0 Å². The molecule has 9 nitrogen and oxygen atoms in total. The molecule has 0 bridgehead atoms. The zero-order valence-electron chi connectivity index (χ0n) is 13.2. The average molecular weight is 337 g/mol. The van der Waals surface area contributed by atoms with Gasteiger partial charge in [0.05, 0.1) is 6.61 Å². The van der Waals surface area contributed by atoms with Crippen LogP contribution in [-0.2, 0) is 9.53 Å². The Hall–Kier alpha value is -2.97. The zero-order valence-corrected chi connectivity index (χ0v) is 13.2. The molecule has 0 unspecified atom stereocenters. The third-order valence-corrected chi connectivity index (χ3v) is 3.02. The standard InChI is InChI=1S/C15H19N3O6/c1-2-22-15(21)16-6-5-13(19)17-18-14(20)10-3-4-11-12(9-10)24-8-7-23-11/h3-4,9H,2,5-8H2,1H3,(H,16,21)(H,17,19)(H,18,20). The fraction of sp³-hybridized carbons (Fsp3) is 0.400. The van der Waals surface area contributed by atoms with Crippen LogP contribution in [0.5, 0.6) is 11.5 Å². The minimum absolute atomic E-state index is 0.000231. The second-order valence-electron chi connectivity index (χ2n) is 4.76. The normalized spacial score (nSPS) is 12.0. The number of fused-ring (bicyclic) bond motifs is 1. The molecule has 0 fully saturated rings. The summed E-state index contributed by atoms with van der Waals surface area (Å²) in [5.41, 5.74) is 4.88. The number of amides is 3. The second kappa shape index (κ2) is 8.61. The van der Waals surface area contributed by atoms with Gasteiger partial charge in [-0.25, -0.2) is 4.79 Å². The van der Waals surface area contributed by atoms with Gasteiger partial charge in [0.25, 0.3) is 5.91 Å². The van der Waals surface area contributed by atoms with Crippen molar-refractivity contribution < 1.29 is 28.6 Å². The number of alkyl carbamates (subject to hydrolysis) is 1. The molecule has 1 aromatic rings. The van der Waals surface area contributed by atoms with Crippen molar-refractivity contribution >= 4 is 17.9 Å². The van der Waals surface area contributed by atoms with Gasteiger partial charge in [0.1, 0.15) is 13.2 Å². The van der Waals surface area contributed by atoms with Crippen LogP contribution in [0.15, 0.2) is 18.2 Å². The van der Waals surface area contributed by atoms with Gasteiger partial charge in [-0.2, -0.15) is 0 Å². The molecule has 0 aromatic heterocycles. The van der Waals surface area contributed by atoms with Gasteiger partial charge in [-0.15, -0.1) is 0 Å². The lowest BCUT2D eigenvalue weighted by Crippen LogP contribution is -2.42. The highest BCUT2D eigenvalue weighted by molar-refractivity contribution is 5.96. The highest BCUT2D eigenvalue weighted by Crippen LogP contribution is 2.30. The van der Waals surface area contributed by atoms with E-state index < -0.39 is 17.9 Å². The number of ether oxygens (including phenoxy) is 3. The van der Waals surface area contributed by atoms with E-state index in [1.54, 1.807) is 19.1 Å². The van der Waals surface area contributed by atoms with E-state index in [0.717, 1.165) is 0 Å². The van der Waals surface area contributed by atoms with Crippen molar-refractivity contribution in [3.63, 3.8) is 0 Å². The fourth-order valence-corrected chi connectivity index (χ4v) is 1.91. The van der Waals surface area contributed by atoms with Crippen LogP contribution in [-0.4, -0.2) is 44.3 Å². The maximum Gasteiger partial charge on any atom is 0.407 e. The van der Waals surface area contributed by atoms with Crippen molar-refractivity contribution in [1.82, 2.24) is 16.2 Å². The Labute approximate surface area is 138 Å². The van der Waals surface area contributed by atoms with Crippen LogP contribution in [0.2, 0.25) is 0 Å². The van der Waals surface area contributed by atoms with Crippen LogP contribution >= 0.6 is 0 Å². The molecule has 3 N–H and O–H groups in total. The number of hydrazine groups is 1. The van der Waals surface area contributed by atoms with Gasteiger partial charge in [0, 0.05) is 18.5 Å². The molecule has 1 heterocycles. The summed E-state index contributed by atoms with van der Waals surface area (Å²) in [6, 6.07) is 4.74. The summed E-state index contributed by atoms with van der Waals surface area (Å²) in [7, 11) is 0. The molecule has 3 amide bonds. The van der Waals surface area contributed by atoms with Crippen molar-refractivity contribution in [3.8, 4) is 11.5 Å². The summed E-state index contributed by atoms with van der Waals surface area (Å²) in [4.78, 5) is 34.6. The highest BCUT2D eigenvalue weighted by Gasteiger charge is 2.15. The number of carbonyl (C=O) groups is 3. The van der Waals surface area contributed by atoms with E-state index in [4.69, 9.17) is 9.47 Å². The Morgan fingerprint density at radius 3 is 2.62 bits per heavy atom. The molecule has 1 aliphatic heterocycles. The third kappa shape index (κ3) is 5.04. The second-order valence-corrected chi connectivity index (χ2v) is 4.76. The molecule has 0 saturated carbocycles. The van der Waals surface area contributed by atoms with Gasteiger partial charge >= 0.3 is 6.09 Å². The lowest BCUT2D eigenvalue weighted by molar-refractivity contribution is -0.121. The molecule has 2 rings (SSSR count). The van der Waals surface area contributed by atoms with Gasteiger partial charge in [0.15, 0.2) is 11.5 Å². The Bertz CT molecular complexity index is 619. The van der Waals surface area contributed by atoms with Crippen LogP contribution in [0.25, 0.3) is 0 Å². The van der Waals surface area contributed by atoms with E-state index in [2.05, 4.69) is 20.9 Å². The number of benzene rings is 1. The Balaban J connectivity index is 1.74. The summed E-state index contributed by atoms with van der Waals surface area (Å²) in [5, 5.41) is 2.40. The SMILES string of the molecule is CCOC(=O)NCCC(=O)NNC(=O)c1ccc2c(c1)OCCO2. The van der Waals surface area contributed by atoms with Gasteiger partial charge in [-0.3, -0.25) is 20.4 Å². The monoisotopic (exact) mass is 337 g/mol. The van der Waals surface area contributed by atoms with E-state index in [1.807, 2.05) is 0 Å². The van der Waals surface area contributed by atoms with E-state index in [0.29, 0.717) is 30.3 Å². The van der Waals surface area contributed by atoms with E-state index in [1.165, 1.54) is 6.07 Å². The van der Waals surface area contributed by atoms with E-state index in [9.17, 15) is 14.4 Å². The fourth-order valence-electron chi connectivity index (χ4n) is 1.91. The van der Waals surface area contributed by atoms with Crippen LogP contribution in [0.3, 0.4) is 0 Å². The predicted octanol–water partition coefficient (Wildman–Crippen LogP) is 0.355. The topological polar surface area (TPSA) is 115 Å². The number of nitrogens with one attached hydrogen (secondary N) is 3. The molecule has 1 aromatic carbocycles. The zero-order chi connectivity index (χ0) is 17.4. The summed E-state index contributed by atoms with van der Waals surface area (Å²) in [5.74, 6) is 0.127. The van der Waals surface area contributed by atoms with Crippen LogP contribution in [0.1, 0.15) is 23.7 Å². The van der Waals surface area contributed by atoms with Crippen LogP contribution in [0.4, 0.5) is 4.79 Å². The maximum absolute atomic E-state index is 12.0. The van der Waals surface area contributed by atoms with Gasteiger partial charge in [0.2, 0.25) is 5.91 Å². The lowest BCUT2D eigenvalue weighted by atomic mass is 10.2. The quantitative estimate of drug-likeness (QED) is 0.668. The Kier molecular flexibility index (Phi) is 6.23. The van der Waals surface area contributed by atoms with E-state index >= 15 is 0 Å². The minimum atomic E-state index is -0.592. The first-order chi connectivity index (χ1) is 11.6. The Morgan fingerprint density at radius 1 is 1.12 bits per heavy atom. The number of rotatable bonds is 5. The maximum atomic E-state index is 12.0. The first-order valence-corrected chi connectivity index (χ1v) is 7.49. The molecular weight excluding hydrogens is 318 g/mol. The largest absolute Gasteiger partial charge is 0.486 e. The van der Waals surface area contributed by atoms with Gasteiger partial charge < -0.3 is 19.5 Å². The molecule has 0 radical (unpaired) electrons. The molecule has 9 heteroatoms. The van der Waals surface area contributed by atoms with Crippen LogP contribution in [0, 0.1) is 0 Å². The van der Waals surface area contributed by atoms with Crippen molar-refractivity contribution in [2.24, 2.45) is 0 Å².